The number of nitrogens with one attached hydrogen (secondary N) is 2. The van der Waals surface area contributed by atoms with E-state index in [9.17, 15) is 19.2 Å². The van der Waals surface area contributed by atoms with Crippen molar-refractivity contribution in [3.8, 4) is 0 Å². The number of halogens is 1. The van der Waals surface area contributed by atoms with Gasteiger partial charge in [-0.15, -0.1) is 0 Å². The molecule has 26 heavy (non-hydrogen) atoms. The summed E-state index contributed by atoms with van der Waals surface area (Å²) in [5, 5.41) is 13.9. The van der Waals surface area contributed by atoms with Crippen LogP contribution in [0.25, 0.3) is 0 Å². The molecule has 0 radical (unpaired) electrons. The maximum Gasteiger partial charge on any atom is 0.408 e. The molecule has 0 saturated carbocycles. The van der Waals surface area contributed by atoms with Crippen molar-refractivity contribution in [2.45, 2.75) is 38.5 Å². The average molecular weight is 429 g/mol. The second kappa shape index (κ2) is 11.2. The third-order valence-electron chi connectivity index (χ3n) is 3.42. The van der Waals surface area contributed by atoms with Gasteiger partial charge in [-0.25, -0.2) is 9.59 Å². The van der Waals surface area contributed by atoms with E-state index in [1.165, 1.54) is 6.92 Å². The summed E-state index contributed by atoms with van der Waals surface area (Å²) in [6, 6.07) is 6.81. The van der Waals surface area contributed by atoms with Gasteiger partial charge in [-0.3, -0.25) is 9.59 Å². The van der Waals surface area contributed by atoms with Crippen LogP contribution in [0.3, 0.4) is 0 Å². The fraction of sp³-hybridized carbons (Fsp3) is 0.412. The molecule has 2 amide bonds. The molecule has 0 fully saturated rings. The summed E-state index contributed by atoms with van der Waals surface area (Å²) < 4.78 is 5.00. The minimum absolute atomic E-state index is 0.0173. The molecule has 2 atom stereocenters. The van der Waals surface area contributed by atoms with Gasteiger partial charge in [0.25, 0.3) is 0 Å². The summed E-state index contributed by atoms with van der Waals surface area (Å²) >= 11 is 2.99. The third kappa shape index (κ3) is 8.11. The number of rotatable bonds is 10. The van der Waals surface area contributed by atoms with E-state index in [1.807, 2.05) is 6.07 Å². The molecule has 8 nitrogen and oxygen atoms in total. The lowest BCUT2D eigenvalue weighted by atomic mass is 10.1. The number of carbonyl (C=O) groups excluding carboxylic acids is 3. The summed E-state index contributed by atoms with van der Waals surface area (Å²) in [7, 11) is 0. The van der Waals surface area contributed by atoms with Gasteiger partial charge in [0.05, 0.1) is 5.33 Å². The maximum atomic E-state index is 12.0. The van der Waals surface area contributed by atoms with E-state index in [1.54, 1.807) is 24.3 Å². The largest absolute Gasteiger partial charge is 0.480 e. The summed E-state index contributed by atoms with van der Waals surface area (Å²) in [4.78, 5) is 46.2. The number of ether oxygens (including phenoxy) is 1. The molecule has 0 bridgehead atoms. The van der Waals surface area contributed by atoms with E-state index in [0.29, 0.717) is 0 Å². The highest BCUT2D eigenvalue weighted by Crippen LogP contribution is 2.03. The smallest absolute Gasteiger partial charge is 0.408 e. The second-order valence-corrected chi connectivity index (χ2v) is 6.10. The van der Waals surface area contributed by atoms with Crippen molar-refractivity contribution < 1.29 is 29.0 Å². The summed E-state index contributed by atoms with van der Waals surface area (Å²) in [5.41, 5.74) is 0.794. The van der Waals surface area contributed by atoms with E-state index >= 15 is 0 Å². The van der Waals surface area contributed by atoms with Crippen LogP contribution in [0.4, 0.5) is 4.79 Å². The first-order chi connectivity index (χ1) is 12.3. The van der Waals surface area contributed by atoms with Crippen molar-refractivity contribution in [3.63, 3.8) is 0 Å². The first-order valence-electron chi connectivity index (χ1n) is 7.91. The van der Waals surface area contributed by atoms with Crippen LogP contribution in [-0.2, 0) is 25.7 Å². The Morgan fingerprint density at radius 3 is 2.38 bits per heavy atom. The number of benzene rings is 1. The Kier molecular flexibility index (Phi) is 9.35. The molecule has 0 aromatic heterocycles. The standard InChI is InChI=1S/C17H21BrN2O6/c1-11(19-17(25)26-10-12-5-3-2-4-6-12)15(22)20-14(16(23)24)8-7-13(21)9-18/h2-6,11,14H,7-10H2,1H3,(H,19,25)(H,20,22)(H,23,24). The van der Waals surface area contributed by atoms with Crippen LogP contribution in [-0.4, -0.2) is 46.3 Å². The number of carbonyl (C=O) groups is 4. The molecule has 1 aromatic carbocycles. The van der Waals surface area contributed by atoms with Crippen molar-refractivity contribution in [1.82, 2.24) is 10.6 Å². The summed E-state index contributed by atoms with van der Waals surface area (Å²) in [5.74, 6) is -2.10. The zero-order valence-corrected chi connectivity index (χ0v) is 15.8. The van der Waals surface area contributed by atoms with Gasteiger partial charge in [0, 0.05) is 6.42 Å². The van der Waals surface area contributed by atoms with Gasteiger partial charge >= 0.3 is 12.1 Å². The van der Waals surface area contributed by atoms with Crippen molar-refractivity contribution in [2.24, 2.45) is 0 Å². The van der Waals surface area contributed by atoms with Crippen LogP contribution in [0, 0.1) is 0 Å². The highest BCUT2D eigenvalue weighted by Gasteiger charge is 2.24. The lowest BCUT2D eigenvalue weighted by molar-refractivity contribution is -0.142. The third-order valence-corrected chi connectivity index (χ3v) is 4.04. The van der Waals surface area contributed by atoms with Crippen LogP contribution in [0.15, 0.2) is 30.3 Å². The fourth-order valence-electron chi connectivity index (χ4n) is 1.93. The minimum Gasteiger partial charge on any atom is -0.480 e. The molecule has 3 N–H and O–H groups in total. The predicted molar refractivity (Wildman–Crippen MR) is 96.8 cm³/mol. The normalized spacial score (nSPS) is 12.5. The molecule has 0 saturated heterocycles. The molecule has 142 valence electrons. The van der Waals surface area contributed by atoms with Gasteiger partial charge in [0.15, 0.2) is 0 Å². The fourth-order valence-corrected chi connectivity index (χ4v) is 2.21. The number of Topliss-reactive ketones (excluding diaryl/α,β-unsaturated/α-hetero) is 1. The lowest BCUT2D eigenvalue weighted by Gasteiger charge is -2.18. The molecule has 0 aliphatic carbocycles. The number of hydrogen-bond acceptors (Lipinski definition) is 5. The molecule has 0 aliphatic rings. The SMILES string of the molecule is CC(NC(=O)OCc1ccccc1)C(=O)NC(CCC(=O)CBr)C(=O)O. The van der Waals surface area contributed by atoms with Gasteiger partial charge in [-0.05, 0) is 18.9 Å². The first-order valence-corrected chi connectivity index (χ1v) is 9.03. The Bertz CT molecular complexity index is 637. The van der Waals surface area contributed by atoms with Crippen molar-refractivity contribution in [2.75, 3.05) is 5.33 Å². The first kappa shape index (κ1) is 21.6. The molecule has 0 heterocycles. The van der Waals surface area contributed by atoms with Crippen molar-refractivity contribution in [3.05, 3.63) is 35.9 Å². The zero-order valence-electron chi connectivity index (χ0n) is 14.2. The Labute approximate surface area is 159 Å². The van der Waals surface area contributed by atoms with Gasteiger partial charge in [-0.1, -0.05) is 46.3 Å². The number of aliphatic carboxylic acids is 1. The molecule has 1 rings (SSSR count). The molecule has 0 spiro atoms. The van der Waals surface area contributed by atoms with Crippen LogP contribution in [0.5, 0.6) is 0 Å². The maximum absolute atomic E-state index is 12.0. The molecule has 0 aliphatic heterocycles. The summed E-state index contributed by atoms with van der Waals surface area (Å²) in [6.07, 6.45) is -0.807. The van der Waals surface area contributed by atoms with E-state index in [-0.39, 0.29) is 30.6 Å². The molecule has 1 aromatic rings. The molecular weight excluding hydrogens is 408 g/mol. The van der Waals surface area contributed by atoms with Crippen LogP contribution < -0.4 is 10.6 Å². The highest BCUT2D eigenvalue weighted by molar-refractivity contribution is 9.09. The number of alkyl halides is 1. The Hall–Kier alpha value is -2.42. The van der Waals surface area contributed by atoms with E-state index in [4.69, 9.17) is 9.84 Å². The Balaban J connectivity index is 2.44. The van der Waals surface area contributed by atoms with Crippen molar-refractivity contribution in [1.29, 1.82) is 0 Å². The number of amides is 2. The highest BCUT2D eigenvalue weighted by atomic mass is 79.9. The summed E-state index contributed by atoms with van der Waals surface area (Å²) in [6.45, 7) is 1.45. The topological polar surface area (TPSA) is 122 Å². The number of alkyl carbamates (subject to hydrolysis) is 1. The number of hydrogen-bond donors (Lipinski definition) is 3. The van der Waals surface area contributed by atoms with Gasteiger partial charge in [0.1, 0.15) is 24.5 Å². The lowest BCUT2D eigenvalue weighted by Crippen LogP contribution is -2.50. The quantitative estimate of drug-likeness (QED) is 0.486. The van der Waals surface area contributed by atoms with Crippen molar-refractivity contribution >= 4 is 39.7 Å². The number of ketones is 1. The predicted octanol–water partition coefficient (Wildman–Crippen LogP) is 1.61. The molecule has 9 heteroatoms. The van der Waals surface area contributed by atoms with Gasteiger partial charge in [0.2, 0.25) is 5.91 Å². The monoisotopic (exact) mass is 428 g/mol. The van der Waals surface area contributed by atoms with Gasteiger partial charge < -0.3 is 20.5 Å². The van der Waals surface area contributed by atoms with Crippen LogP contribution in [0.1, 0.15) is 25.3 Å². The van der Waals surface area contributed by atoms with Crippen LogP contribution in [0.2, 0.25) is 0 Å². The number of carboxylic acids is 1. The van der Waals surface area contributed by atoms with Crippen LogP contribution >= 0.6 is 15.9 Å². The second-order valence-electron chi connectivity index (χ2n) is 5.54. The molecule has 2 unspecified atom stereocenters. The average Bonchev–Trinajstić information content (AvgIpc) is 2.63. The number of carboxylic acid groups (broad SMARTS) is 1. The Morgan fingerprint density at radius 1 is 1.15 bits per heavy atom. The molecular formula is C17H21BrN2O6. The van der Waals surface area contributed by atoms with E-state index < -0.39 is 30.1 Å². The minimum atomic E-state index is -1.25. The Morgan fingerprint density at radius 2 is 1.81 bits per heavy atom. The zero-order chi connectivity index (χ0) is 19.5. The van der Waals surface area contributed by atoms with E-state index in [2.05, 4.69) is 26.6 Å². The van der Waals surface area contributed by atoms with E-state index in [0.717, 1.165) is 5.56 Å². The van der Waals surface area contributed by atoms with Gasteiger partial charge in [-0.2, -0.15) is 0 Å².